The summed E-state index contributed by atoms with van der Waals surface area (Å²) in [4.78, 5) is 0. The molecule has 0 nitrogen and oxygen atoms in total. The standard InChI is InChI=1S/C12H18.2Ru/c1-7-8(2)10(4)12(6)11(5)9(7)3;;/h1-6H3;;. The summed E-state index contributed by atoms with van der Waals surface area (Å²) in [6, 6.07) is 0. The fourth-order valence-corrected chi connectivity index (χ4v) is 1.69. The zero-order valence-electron chi connectivity index (χ0n) is 9.71. The first-order chi connectivity index (χ1) is 5.46. The Hall–Kier alpha value is 0.467. The number of hydrogen-bond donors (Lipinski definition) is 0. The van der Waals surface area contributed by atoms with E-state index in [1.807, 2.05) is 0 Å². The van der Waals surface area contributed by atoms with Crippen LogP contribution in [0.2, 0.25) is 0 Å². The van der Waals surface area contributed by atoms with Gasteiger partial charge in [0, 0.05) is 39.0 Å². The fraction of sp³-hybridized carbons (Fsp3) is 0.500. The van der Waals surface area contributed by atoms with Crippen LogP contribution in [-0.2, 0) is 39.0 Å². The van der Waals surface area contributed by atoms with Gasteiger partial charge in [0.05, 0.1) is 0 Å². The quantitative estimate of drug-likeness (QED) is 0.618. The second kappa shape index (κ2) is 6.14. The first kappa shape index (κ1) is 16.9. The molecule has 1 aromatic rings. The van der Waals surface area contributed by atoms with Gasteiger partial charge in [-0.25, -0.2) is 0 Å². The van der Waals surface area contributed by atoms with Crippen LogP contribution < -0.4 is 0 Å². The molecule has 1 rings (SSSR count). The zero-order chi connectivity index (χ0) is 9.46. The third-order valence-corrected chi connectivity index (χ3v) is 3.38. The summed E-state index contributed by atoms with van der Waals surface area (Å²) in [7, 11) is 0. The van der Waals surface area contributed by atoms with Crippen LogP contribution in [0, 0.1) is 41.5 Å². The Morgan fingerprint density at radius 1 is 0.357 bits per heavy atom. The topological polar surface area (TPSA) is 0 Å². The van der Waals surface area contributed by atoms with Gasteiger partial charge in [0.1, 0.15) is 0 Å². The molecule has 14 heavy (non-hydrogen) atoms. The molecule has 1 aromatic carbocycles. The molecule has 0 aliphatic heterocycles. The van der Waals surface area contributed by atoms with E-state index in [-0.39, 0.29) is 39.0 Å². The Balaban J connectivity index is 0. The monoisotopic (exact) mass is 366 g/mol. The predicted molar refractivity (Wildman–Crippen MR) is 54.9 cm³/mol. The van der Waals surface area contributed by atoms with E-state index >= 15 is 0 Å². The maximum Gasteiger partial charge on any atom is 0 e. The van der Waals surface area contributed by atoms with Crippen molar-refractivity contribution in [3.63, 3.8) is 0 Å². The van der Waals surface area contributed by atoms with Crippen molar-refractivity contribution in [2.75, 3.05) is 0 Å². The van der Waals surface area contributed by atoms with E-state index in [0.717, 1.165) is 0 Å². The van der Waals surface area contributed by atoms with Gasteiger partial charge in [-0.05, 0) is 74.9 Å². The second-order valence-corrected chi connectivity index (χ2v) is 3.75. The minimum Gasteiger partial charge on any atom is -0.0447 e. The molecular weight excluding hydrogens is 346 g/mol. The molecule has 0 bridgehead atoms. The normalized spacial score (nSPS) is 9.00. The average Bonchev–Trinajstić information content (AvgIpc) is 2.08. The third kappa shape index (κ3) is 2.74. The Labute approximate surface area is 113 Å². The Bertz CT molecular complexity index is 223. The average molecular weight is 364 g/mol. The first-order valence-electron chi connectivity index (χ1n) is 4.50. The molecule has 0 atom stereocenters. The summed E-state index contributed by atoms with van der Waals surface area (Å²) < 4.78 is 0. The molecule has 0 N–H and O–H groups in total. The van der Waals surface area contributed by atoms with E-state index in [0.29, 0.717) is 0 Å². The molecule has 0 aliphatic carbocycles. The molecule has 0 unspecified atom stereocenters. The van der Waals surface area contributed by atoms with E-state index in [9.17, 15) is 0 Å². The van der Waals surface area contributed by atoms with Gasteiger partial charge in [-0.15, -0.1) is 0 Å². The van der Waals surface area contributed by atoms with Crippen LogP contribution in [0.5, 0.6) is 0 Å². The summed E-state index contributed by atoms with van der Waals surface area (Å²) in [5, 5.41) is 0. The molecule has 0 saturated carbocycles. The molecule has 2 heteroatoms. The van der Waals surface area contributed by atoms with Crippen molar-refractivity contribution in [2.45, 2.75) is 41.5 Å². The van der Waals surface area contributed by atoms with Gasteiger partial charge in [0.25, 0.3) is 0 Å². The summed E-state index contributed by atoms with van der Waals surface area (Å²) in [5.41, 5.74) is 8.73. The van der Waals surface area contributed by atoms with Crippen molar-refractivity contribution in [3.05, 3.63) is 33.4 Å². The molecule has 0 fully saturated rings. The van der Waals surface area contributed by atoms with E-state index in [2.05, 4.69) is 41.5 Å². The Morgan fingerprint density at radius 2 is 0.429 bits per heavy atom. The van der Waals surface area contributed by atoms with Gasteiger partial charge in [0.2, 0.25) is 0 Å². The van der Waals surface area contributed by atoms with Crippen molar-refractivity contribution in [1.29, 1.82) is 0 Å². The smallest absolute Gasteiger partial charge is 0 e. The van der Waals surface area contributed by atoms with Crippen LogP contribution in [-0.4, -0.2) is 0 Å². The first-order valence-corrected chi connectivity index (χ1v) is 4.50. The van der Waals surface area contributed by atoms with Crippen molar-refractivity contribution in [3.8, 4) is 0 Å². The molecular formula is C12H18Ru2. The van der Waals surface area contributed by atoms with Crippen LogP contribution in [0.1, 0.15) is 33.4 Å². The van der Waals surface area contributed by atoms with E-state index in [1.54, 1.807) is 0 Å². The van der Waals surface area contributed by atoms with E-state index in [1.165, 1.54) is 33.4 Å². The van der Waals surface area contributed by atoms with Crippen molar-refractivity contribution in [1.82, 2.24) is 0 Å². The van der Waals surface area contributed by atoms with Gasteiger partial charge in [-0.2, -0.15) is 0 Å². The fourth-order valence-electron chi connectivity index (χ4n) is 1.69. The summed E-state index contributed by atoms with van der Waals surface area (Å²) in [6.45, 7) is 13.3. The van der Waals surface area contributed by atoms with Crippen LogP contribution in [0.3, 0.4) is 0 Å². The Morgan fingerprint density at radius 3 is 0.500 bits per heavy atom. The van der Waals surface area contributed by atoms with Crippen LogP contribution >= 0.6 is 0 Å². The van der Waals surface area contributed by atoms with Gasteiger partial charge in [-0.3, -0.25) is 0 Å². The molecule has 0 heterocycles. The minimum absolute atomic E-state index is 0. The number of rotatable bonds is 0. The molecule has 0 radical (unpaired) electrons. The maximum atomic E-state index is 2.21. The van der Waals surface area contributed by atoms with Crippen LogP contribution in [0.25, 0.3) is 0 Å². The summed E-state index contributed by atoms with van der Waals surface area (Å²) >= 11 is 0. The summed E-state index contributed by atoms with van der Waals surface area (Å²) in [6.07, 6.45) is 0. The molecule has 0 amide bonds. The summed E-state index contributed by atoms with van der Waals surface area (Å²) in [5.74, 6) is 0. The van der Waals surface area contributed by atoms with E-state index < -0.39 is 0 Å². The molecule has 0 aromatic heterocycles. The van der Waals surface area contributed by atoms with Crippen molar-refractivity contribution >= 4 is 0 Å². The van der Waals surface area contributed by atoms with Gasteiger partial charge < -0.3 is 0 Å². The second-order valence-electron chi connectivity index (χ2n) is 3.75. The zero-order valence-corrected chi connectivity index (χ0v) is 13.2. The molecule has 0 aliphatic rings. The Kier molecular flexibility index (Phi) is 7.40. The minimum atomic E-state index is 0. The number of hydrogen-bond acceptors (Lipinski definition) is 0. The SMILES string of the molecule is Cc1c(C)c(C)c(C)c(C)c1C.[Ru].[Ru]. The predicted octanol–water partition coefficient (Wildman–Crippen LogP) is 3.53. The van der Waals surface area contributed by atoms with Gasteiger partial charge in [-0.1, -0.05) is 0 Å². The van der Waals surface area contributed by atoms with Crippen LogP contribution in [0.15, 0.2) is 0 Å². The largest absolute Gasteiger partial charge is 0.0447 e. The number of benzene rings is 1. The third-order valence-electron chi connectivity index (χ3n) is 3.38. The molecule has 0 spiro atoms. The maximum absolute atomic E-state index is 2.21. The van der Waals surface area contributed by atoms with E-state index in [4.69, 9.17) is 0 Å². The van der Waals surface area contributed by atoms with Crippen LogP contribution in [0.4, 0.5) is 0 Å². The van der Waals surface area contributed by atoms with Gasteiger partial charge >= 0.3 is 0 Å². The molecule has 0 saturated heterocycles. The molecule has 82 valence electrons. The van der Waals surface area contributed by atoms with Crippen molar-refractivity contribution < 1.29 is 39.0 Å². The van der Waals surface area contributed by atoms with Gasteiger partial charge in [0.15, 0.2) is 0 Å². The van der Waals surface area contributed by atoms with Crippen molar-refractivity contribution in [2.24, 2.45) is 0 Å².